The lowest BCUT2D eigenvalue weighted by Crippen LogP contribution is -2.09. The van der Waals surface area contributed by atoms with Crippen molar-refractivity contribution < 1.29 is 28.5 Å². The van der Waals surface area contributed by atoms with Crippen LogP contribution in [0, 0.1) is 0 Å². The molecule has 23 heavy (non-hydrogen) atoms. The summed E-state index contributed by atoms with van der Waals surface area (Å²) in [5.74, 6) is 0.298. The van der Waals surface area contributed by atoms with Crippen molar-refractivity contribution in [3.05, 3.63) is 0 Å². The highest BCUT2D eigenvalue weighted by atomic mass is 16.5. The van der Waals surface area contributed by atoms with Gasteiger partial charge in [0.1, 0.15) is 11.6 Å². The highest BCUT2D eigenvalue weighted by Gasteiger charge is 1.96. The number of hydrogen-bond donors (Lipinski definition) is 0. The molecule has 0 N–H and O–H groups in total. The molecule has 0 amide bonds. The number of Topliss-reactive ketones (excluding diaryl/α,β-unsaturated/α-hetero) is 2. The maximum absolute atomic E-state index is 10.7. The summed E-state index contributed by atoms with van der Waals surface area (Å²) in [4.78, 5) is 21.4. The third-order valence-corrected chi connectivity index (χ3v) is 3.02. The van der Waals surface area contributed by atoms with Gasteiger partial charge in [0.05, 0.1) is 39.6 Å². The second-order valence-corrected chi connectivity index (χ2v) is 5.41. The van der Waals surface area contributed by atoms with Crippen LogP contribution in [0.1, 0.15) is 46.0 Å². The van der Waals surface area contributed by atoms with Crippen LogP contribution in [0.5, 0.6) is 0 Å². The van der Waals surface area contributed by atoms with Crippen molar-refractivity contribution in [1.29, 1.82) is 0 Å². The second-order valence-electron chi connectivity index (χ2n) is 5.41. The molecule has 0 aliphatic carbocycles. The Labute approximate surface area is 139 Å². The molecule has 0 atom stereocenters. The van der Waals surface area contributed by atoms with Crippen LogP contribution in [0.15, 0.2) is 0 Å². The number of carbonyl (C=O) groups is 2. The Morgan fingerprint density at radius 2 is 0.870 bits per heavy atom. The van der Waals surface area contributed by atoms with Gasteiger partial charge in [-0.25, -0.2) is 0 Å². The predicted octanol–water partition coefficient (Wildman–Crippen LogP) is 2.18. The lowest BCUT2D eigenvalue weighted by Gasteiger charge is -2.06. The van der Waals surface area contributed by atoms with E-state index in [1.165, 1.54) is 0 Å². The number of hydrogen-bond acceptors (Lipinski definition) is 6. The summed E-state index contributed by atoms with van der Waals surface area (Å²) in [6, 6.07) is 0. The molecule has 0 aromatic rings. The van der Waals surface area contributed by atoms with Gasteiger partial charge in [-0.05, 0) is 33.1 Å². The molecular formula is C17H32O6. The molecule has 0 unspecified atom stereocenters. The molecule has 6 nitrogen and oxygen atoms in total. The zero-order chi connectivity index (χ0) is 17.2. The van der Waals surface area contributed by atoms with E-state index in [0.717, 1.165) is 32.5 Å². The zero-order valence-electron chi connectivity index (χ0n) is 14.6. The fraction of sp³-hybridized carbons (Fsp3) is 0.882. The van der Waals surface area contributed by atoms with E-state index in [9.17, 15) is 9.59 Å². The molecule has 0 aliphatic rings. The van der Waals surface area contributed by atoms with Crippen LogP contribution in [-0.2, 0) is 28.5 Å². The number of ether oxygens (including phenoxy) is 4. The van der Waals surface area contributed by atoms with Crippen LogP contribution in [0.25, 0.3) is 0 Å². The van der Waals surface area contributed by atoms with Crippen LogP contribution in [0.3, 0.4) is 0 Å². The molecule has 0 aliphatic heterocycles. The molecule has 0 spiro atoms. The van der Waals surface area contributed by atoms with E-state index in [0.29, 0.717) is 52.5 Å². The summed E-state index contributed by atoms with van der Waals surface area (Å²) in [6.07, 6.45) is 4.03. The van der Waals surface area contributed by atoms with Gasteiger partial charge in [-0.15, -0.1) is 0 Å². The summed E-state index contributed by atoms with van der Waals surface area (Å²) in [7, 11) is 0. The molecule has 0 saturated heterocycles. The highest BCUT2D eigenvalue weighted by Crippen LogP contribution is 1.97. The van der Waals surface area contributed by atoms with Gasteiger partial charge in [-0.1, -0.05) is 0 Å². The Morgan fingerprint density at radius 3 is 1.22 bits per heavy atom. The fourth-order valence-electron chi connectivity index (χ4n) is 1.66. The van der Waals surface area contributed by atoms with Crippen LogP contribution in [0.2, 0.25) is 0 Å². The van der Waals surface area contributed by atoms with E-state index < -0.39 is 0 Å². The summed E-state index contributed by atoms with van der Waals surface area (Å²) < 4.78 is 21.4. The number of ketones is 2. The molecule has 0 heterocycles. The highest BCUT2D eigenvalue weighted by molar-refractivity contribution is 5.75. The van der Waals surface area contributed by atoms with Crippen molar-refractivity contribution in [3.63, 3.8) is 0 Å². The van der Waals surface area contributed by atoms with E-state index in [4.69, 9.17) is 18.9 Å². The first-order valence-corrected chi connectivity index (χ1v) is 8.42. The number of carbonyl (C=O) groups excluding carboxylic acids is 2. The van der Waals surface area contributed by atoms with Gasteiger partial charge < -0.3 is 18.9 Å². The average Bonchev–Trinajstić information content (AvgIpc) is 2.49. The van der Waals surface area contributed by atoms with Gasteiger partial charge in [0.2, 0.25) is 0 Å². The summed E-state index contributed by atoms with van der Waals surface area (Å²) >= 11 is 0. The monoisotopic (exact) mass is 332 g/mol. The zero-order valence-corrected chi connectivity index (χ0v) is 14.6. The Balaban J connectivity index is 3.00. The van der Waals surface area contributed by atoms with Crippen LogP contribution >= 0.6 is 0 Å². The molecular weight excluding hydrogens is 300 g/mol. The SMILES string of the molecule is CC(=O)CCOCCOCCCCCOCCOCCC(C)=O. The Hall–Kier alpha value is -0.820. The summed E-state index contributed by atoms with van der Waals surface area (Å²) in [5, 5.41) is 0. The summed E-state index contributed by atoms with van der Waals surface area (Å²) in [6.45, 7) is 7.77. The molecule has 0 saturated carbocycles. The van der Waals surface area contributed by atoms with Crippen molar-refractivity contribution in [3.8, 4) is 0 Å². The maximum Gasteiger partial charge on any atom is 0.132 e. The lowest BCUT2D eigenvalue weighted by molar-refractivity contribution is -0.119. The van der Waals surface area contributed by atoms with Gasteiger partial charge >= 0.3 is 0 Å². The second kappa shape index (κ2) is 17.5. The smallest absolute Gasteiger partial charge is 0.132 e. The first-order valence-electron chi connectivity index (χ1n) is 8.42. The van der Waals surface area contributed by atoms with Gasteiger partial charge in [-0.2, -0.15) is 0 Å². The van der Waals surface area contributed by atoms with Gasteiger partial charge in [0, 0.05) is 26.1 Å². The van der Waals surface area contributed by atoms with E-state index in [-0.39, 0.29) is 11.6 Å². The number of rotatable bonds is 18. The predicted molar refractivity (Wildman–Crippen MR) is 87.7 cm³/mol. The topological polar surface area (TPSA) is 71.1 Å². The van der Waals surface area contributed by atoms with Crippen molar-refractivity contribution in [2.45, 2.75) is 46.0 Å². The van der Waals surface area contributed by atoms with Crippen molar-refractivity contribution in [2.24, 2.45) is 0 Å². The van der Waals surface area contributed by atoms with Gasteiger partial charge in [0.25, 0.3) is 0 Å². The minimum atomic E-state index is 0.149. The molecule has 0 bridgehead atoms. The van der Waals surface area contributed by atoms with Crippen LogP contribution < -0.4 is 0 Å². The molecule has 136 valence electrons. The fourth-order valence-corrected chi connectivity index (χ4v) is 1.66. The van der Waals surface area contributed by atoms with E-state index in [1.54, 1.807) is 13.8 Å². The average molecular weight is 332 g/mol. The largest absolute Gasteiger partial charge is 0.379 e. The van der Waals surface area contributed by atoms with Crippen molar-refractivity contribution in [2.75, 3.05) is 52.9 Å². The molecule has 0 aromatic heterocycles. The normalized spacial score (nSPS) is 10.9. The quantitative estimate of drug-likeness (QED) is 0.358. The first-order chi connectivity index (χ1) is 11.1. The Bertz CT molecular complexity index is 265. The molecule has 6 heteroatoms. The Kier molecular flexibility index (Phi) is 16.9. The van der Waals surface area contributed by atoms with Crippen molar-refractivity contribution in [1.82, 2.24) is 0 Å². The van der Waals surface area contributed by atoms with Crippen molar-refractivity contribution >= 4 is 11.6 Å². The van der Waals surface area contributed by atoms with E-state index >= 15 is 0 Å². The minimum Gasteiger partial charge on any atom is -0.379 e. The molecule has 0 aromatic carbocycles. The van der Waals surface area contributed by atoms with Crippen LogP contribution in [-0.4, -0.2) is 64.4 Å². The molecule has 0 rings (SSSR count). The standard InChI is InChI=1S/C17H32O6/c1-16(18)6-10-22-14-12-20-8-4-3-5-9-21-13-15-23-11-7-17(2)19/h3-15H2,1-2H3. The lowest BCUT2D eigenvalue weighted by atomic mass is 10.2. The first kappa shape index (κ1) is 22.2. The Morgan fingerprint density at radius 1 is 0.522 bits per heavy atom. The molecule has 0 fully saturated rings. The van der Waals surface area contributed by atoms with Gasteiger partial charge in [0.15, 0.2) is 0 Å². The number of unbranched alkanes of at least 4 members (excludes halogenated alkanes) is 2. The third-order valence-electron chi connectivity index (χ3n) is 3.02. The van der Waals surface area contributed by atoms with E-state index in [2.05, 4.69) is 0 Å². The minimum absolute atomic E-state index is 0.149. The van der Waals surface area contributed by atoms with Gasteiger partial charge in [-0.3, -0.25) is 9.59 Å². The summed E-state index contributed by atoms with van der Waals surface area (Å²) in [5.41, 5.74) is 0. The van der Waals surface area contributed by atoms with Crippen LogP contribution in [0.4, 0.5) is 0 Å². The third kappa shape index (κ3) is 21.2. The maximum atomic E-state index is 10.7. The van der Waals surface area contributed by atoms with E-state index in [1.807, 2.05) is 0 Å². The molecule has 0 radical (unpaired) electrons.